The Labute approximate surface area is 207 Å². The molecule has 34 heavy (non-hydrogen) atoms. The molecule has 0 bridgehead atoms. The second-order valence-electron chi connectivity index (χ2n) is 8.53. The van der Waals surface area contributed by atoms with Gasteiger partial charge >= 0.3 is 0 Å². The Bertz CT molecular complexity index is 1110. The number of fused-ring (bicyclic) bond motifs is 1. The largest absolute Gasteiger partial charge is 0.368 e. The molecular weight excluding hydrogens is 442 g/mol. The van der Waals surface area contributed by atoms with Crippen LogP contribution in [-0.2, 0) is 11.2 Å². The lowest BCUT2D eigenvalue weighted by Gasteiger charge is -2.36. The van der Waals surface area contributed by atoms with Crippen molar-refractivity contribution in [3.63, 3.8) is 0 Å². The van der Waals surface area contributed by atoms with Crippen LogP contribution in [0.3, 0.4) is 0 Å². The van der Waals surface area contributed by atoms with E-state index in [1.165, 1.54) is 11.1 Å². The standard InChI is InChI=1S/C27H33N5OS/c1-5-20(2)32(19-33-4)34-23-10-8-9-22(18-23)29-27-25-12-7-6-11-24(25)26(31(3)30-27)17-21-13-15-28-16-14-21/h6-16,18,20,26H,5,17,19H2,1-4H3,(H,29,30). The summed E-state index contributed by atoms with van der Waals surface area (Å²) in [6.07, 6.45) is 5.66. The van der Waals surface area contributed by atoms with E-state index in [1.807, 2.05) is 18.5 Å². The lowest BCUT2D eigenvalue weighted by molar-refractivity contribution is 0.104. The quantitative estimate of drug-likeness (QED) is 0.321. The van der Waals surface area contributed by atoms with Crippen LogP contribution in [0, 0.1) is 0 Å². The number of pyridine rings is 1. The van der Waals surface area contributed by atoms with Crippen LogP contribution in [-0.4, -0.2) is 47.1 Å². The van der Waals surface area contributed by atoms with E-state index in [9.17, 15) is 0 Å². The van der Waals surface area contributed by atoms with Gasteiger partial charge < -0.3 is 10.2 Å². The number of benzene rings is 2. The first-order valence-corrected chi connectivity index (χ1v) is 12.5. The molecule has 1 aromatic heterocycles. The molecule has 6 nitrogen and oxygen atoms in total. The Morgan fingerprint density at radius 1 is 1.15 bits per heavy atom. The van der Waals surface area contributed by atoms with Crippen molar-refractivity contribution in [2.24, 2.45) is 4.99 Å². The third kappa shape index (κ3) is 5.85. The zero-order valence-corrected chi connectivity index (χ0v) is 21.1. The summed E-state index contributed by atoms with van der Waals surface area (Å²) in [5, 5.41) is 2.16. The predicted octanol–water partition coefficient (Wildman–Crippen LogP) is 5.61. The zero-order valence-electron chi connectivity index (χ0n) is 20.3. The molecule has 2 atom stereocenters. The number of amidine groups is 1. The number of hydrazine groups is 1. The van der Waals surface area contributed by atoms with E-state index in [-0.39, 0.29) is 6.04 Å². The molecule has 2 heterocycles. The molecule has 0 amide bonds. The monoisotopic (exact) mass is 475 g/mol. The first-order chi connectivity index (χ1) is 16.6. The van der Waals surface area contributed by atoms with Gasteiger partial charge in [-0.1, -0.05) is 37.3 Å². The van der Waals surface area contributed by atoms with Gasteiger partial charge in [-0.05, 0) is 73.2 Å². The number of nitrogens with one attached hydrogen (secondary N) is 1. The summed E-state index contributed by atoms with van der Waals surface area (Å²) in [7, 11) is 3.82. The maximum atomic E-state index is 5.41. The fourth-order valence-corrected chi connectivity index (χ4v) is 5.11. The van der Waals surface area contributed by atoms with Gasteiger partial charge in [-0.25, -0.2) is 14.3 Å². The third-order valence-corrected chi connectivity index (χ3v) is 7.29. The Morgan fingerprint density at radius 2 is 1.94 bits per heavy atom. The van der Waals surface area contributed by atoms with E-state index in [0.717, 1.165) is 34.8 Å². The lowest BCUT2D eigenvalue weighted by Crippen LogP contribution is -2.47. The lowest BCUT2D eigenvalue weighted by atomic mass is 9.92. The van der Waals surface area contributed by atoms with Gasteiger partial charge in [0.1, 0.15) is 12.6 Å². The predicted molar refractivity (Wildman–Crippen MR) is 140 cm³/mol. The number of aromatic nitrogens is 1. The van der Waals surface area contributed by atoms with E-state index < -0.39 is 0 Å². The Balaban J connectivity index is 1.60. The minimum absolute atomic E-state index is 0.206. The van der Waals surface area contributed by atoms with E-state index in [2.05, 4.69) is 95.2 Å². The number of hydrogen-bond acceptors (Lipinski definition) is 6. The van der Waals surface area contributed by atoms with E-state index in [4.69, 9.17) is 9.73 Å². The van der Waals surface area contributed by atoms with E-state index >= 15 is 0 Å². The Kier molecular flexibility index (Phi) is 8.34. The SMILES string of the molecule is CCC(C)N(COC)Sc1cccc(N=C2NN(C)C(Cc3ccncc3)c3ccccc32)c1. The maximum Gasteiger partial charge on any atom is 0.148 e. The van der Waals surface area contributed by atoms with E-state index in [0.29, 0.717) is 12.8 Å². The van der Waals surface area contributed by atoms with Gasteiger partial charge in [0.05, 0.1) is 11.7 Å². The van der Waals surface area contributed by atoms with Crippen LogP contribution in [0.4, 0.5) is 5.69 Å². The average Bonchev–Trinajstić information content (AvgIpc) is 2.86. The van der Waals surface area contributed by atoms with Crippen LogP contribution in [0.1, 0.15) is 43.0 Å². The highest BCUT2D eigenvalue weighted by atomic mass is 32.2. The van der Waals surface area contributed by atoms with Crippen molar-refractivity contribution < 1.29 is 4.74 Å². The average molecular weight is 476 g/mol. The summed E-state index contributed by atoms with van der Waals surface area (Å²) in [5.41, 5.74) is 8.12. The zero-order chi connectivity index (χ0) is 23.9. The molecule has 3 aromatic rings. The highest BCUT2D eigenvalue weighted by molar-refractivity contribution is 7.97. The molecule has 1 aliphatic rings. The second kappa shape index (κ2) is 11.6. The molecule has 1 N–H and O–H groups in total. The molecule has 2 unspecified atom stereocenters. The number of aliphatic imine (C=N–C) groups is 1. The number of nitrogens with zero attached hydrogens (tertiary/aromatic N) is 4. The van der Waals surface area contributed by atoms with Gasteiger partial charge in [0.15, 0.2) is 0 Å². The molecule has 7 heteroatoms. The van der Waals surface area contributed by atoms with Crippen LogP contribution in [0.2, 0.25) is 0 Å². The van der Waals surface area contributed by atoms with Crippen LogP contribution in [0.25, 0.3) is 0 Å². The van der Waals surface area contributed by atoms with Gasteiger partial charge in [0.2, 0.25) is 0 Å². The molecule has 4 rings (SSSR count). The summed E-state index contributed by atoms with van der Waals surface area (Å²) in [5.74, 6) is 0.863. The number of hydrogen-bond donors (Lipinski definition) is 1. The number of methoxy groups -OCH3 is 1. The minimum atomic E-state index is 0.206. The minimum Gasteiger partial charge on any atom is -0.368 e. The topological polar surface area (TPSA) is 53.0 Å². The molecule has 1 aliphatic heterocycles. The van der Waals surface area contributed by atoms with Gasteiger partial charge in [0, 0.05) is 43.1 Å². The van der Waals surface area contributed by atoms with Crippen LogP contribution >= 0.6 is 11.9 Å². The molecule has 0 radical (unpaired) electrons. The summed E-state index contributed by atoms with van der Waals surface area (Å²) in [6, 6.07) is 21.7. The van der Waals surface area contributed by atoms with Crippen molar-refractivity contribution in [1.29, 1.82) is 0 Å². The summed E-state index contributed by atoms with van der Waals surface area (Å²) in [6.45, 7) is 5.00. The first-order valence-electron chi connectivity index (χ1n) is 11.7. The van der Waals surface area contributed by atoms with Gasteiger partial charge in [-0.15, -0.1) is 0 Å². The van der Waals surface area contributed by atoms with Crippen molar-refractivity contribution >= 4 is 23.5 Å². The molecule has 0 fully saturated rings. The van der Waals surface area contributed by atoms with Crippen molar-refractivity contribution in [3.05, 3.63) is 89.7 Å². The fourth-order valence-electron chi connectivity index (χ4n) is 4.04. The molecule has 0 saturated carbocycles. The molecular formula is C27H33N5OS. The first kappa shape index (κ1) is 24.4. The second-order valence-corrected chi connectivity index (χ2v) is 9.65. The highest BCUT2D eigenvalue weighted by Crippen LogP contribution is 2.32. The summed E-state index contributed by atoms with van der Waals surface area (Å²) < 4.78 is 7.67. The molecule has 0 saturated heterocycles. The summed E-state index contributed by atoms with van der Waals surface area (Å²) >= 11 is 1.71. The number of rotatable bonds is 9. The summed E-state index contributed by atoms with van der Waals surface area (Å²) in [4.78, 5) is 10.3. The van der Waals surface area contributed by atoms with E-state index in [1.54, 1.807) is 19.1 Å². The van der Waals surface area contributed by atoms with Crippen molar-refractivity contribution in [2.45, 2.75) is 43.7 Å². The number of likely N-dealkylation sites (N-methyl/N-ethyl adjacent to an activating group) is 1. The Hall–Kier alpha value is -2.71. The van der Waals surface area contributed by atoms with Gasteiger partial charge in [0.25, 0.3) is 0 Å². The molecule has 178 valence electrons. The molecule has 2 aromatic carbocycles. The van der Waals surface area contributed by atoms with Crippen molar-refractivity contribution in [3.8, 4) is 0 Å². The van der Waals surface area contributed by atoms with Gasteiger partial charge in [-0.3, -0.25) is 4.98 Å². The van der Waals surface area contributed by atoms with Gasteiger partial charge in [-0.2, -0.15) is 0 Å². The Morgan fingerprint density at radius 3 is 2.71 bits per heavy atom. The maximum absolute atomic E-state index is 5.41. The molecule has 0 spiro atoms. The van der Waals surface area contributed by atoms with Crippen LogP contribution < -0.4 is 5.43 Å². The normalized spacial score (nSPS) is 18.0. The van der Waals surface area contributed by atoms with Crippen LogP contribution in [0.15, 0.2) is 82.9 Å². The van der Waals surface area contributed by atoms with Crippen LogP contribution in [0.5, 0.6) is 0 Å². The highest BCUT2D eigenvalue weighted by Gasteiger charge is 2.28. The number of ether oxygens (including phenoxy) is 1. The molecule has 0 aliphatic carbocycles. The van der Waals surface area contributed by atoms with Crippen molar-refractivity contribution in [2.75, 3.05) is 20.9 Å². The van der Waals surface area contributed by atoms with Crippen molar-refractivity contribution in [1.82, 2.24) is 19.7 Å². The third-order valence-electron chi connectivity index (χ3n) is 6.12. The fraction of sp³-hybridized carbons (Fsp3) is 0.333. The smallest absolute Gasteiger partial charge is 0.148 e.